The zero-order valence-electron chi connectivity index (χ0n) is 20.3. The summed E-state index contributed by atoms with van der Waals surface area (Å²) in [5.41, 5.74) is 4.25. The molecule has 0 saturated heterocycles. The van der Waals surface area contributed by atoms with Crippen molar-refractivity contribution in [2.24, 2.45) is 5.92 Å². The fourth-order valence-corrected chi connectivity index (χ4v) is 4.00. The molecule has 5 aromatic rings. The lowest BCUT2D eigenvalue weighted by molar-refractivity contribution is -0.123. The summed E-state index contributed by atoms with van der Waals surface area (Å²) in [6.45, 7) is 4.28. The van der Waals surface area contributed by atoms with Gasteiger partial charge in [-0.1, -0.05) is 13.0 Å². The van der Waals surface area contributed by atoms with Crippen LogP contribution in [0.25, 0.3) is 16.6 Å². The van der Waals surface area contributed by atoms with E-state index in [0.717, 1.165) is 33.5 Å². The lowest BCUT2D eigenvalue weighted by Gasteiger charge is -2.13. The Morgan fingerprint density at radius 2 is 1.94 bits per heavy atom. The highest BCUT2D eigenvalue weighted by molar-refractivity contribution is 5.92. The van der Waals surface area contributed by atoms with E-state index in [4.69, 9.17) is 9.47 Å². The van der Waals surface area contributed by atoms with E-state index in [-0.39, 0.29) is 11.7 Å². The number of anilines is 2. The SMILES string of the molecule is COCC(C)C(=O)Cc1ccc2ncnc(Nc3ccc(Oc4ccn5ncnc5c4)c(C)c3)c2c1. The number of Topliss-reactive ketones (excluding diaryl/α,β-unsaturated/α-hetero) is 1. The summed E-state index contributed by atoms with van der Waals surface area (Å²) in [5.74, 6) is 2.07. The van der Waals surface area contributed by atoms with Crippen LogP contribution in [0.4, 0.5) is 11.5 Å². The summed E-state index contributed by atoms with van der Waals surface area (Å²) in [5, 5.41) is 8.34. The maximum atomic E-state index is 12.5. The average Bonchev–Trinajstić information content (AvgIpc) is 3.34. The third-order valence-electron chi connectivity index (χ3n) is 5.96. The minimum absolute atomic E-state index is 0.136. The second-order valence-electron chi connectivity index (χ2n) is 8.71. The highest BCUT2D eigenvalue weighted by Gasteiger charge is 2.15. The van der Waals surface area contributed by atoms with E-state index in [0.29, 0.717) is 30.2 Å². The third kappa shape index (κ3) is 5.01. The summed E-state index contributed by atoms with van der Waals surface area (Å²) >= 11 is 0. The minimum atomic E-state index is -0.155. The standard InChI is InChI=1S/C27H26N6O3/c1-17-10-20(5-7-25(17)36-21-8-9-33-26(13-21)29-16-31-33)32-27-22-11-19(4-6-23(22)28-15-30-27)12-24(34)18(2)14-35-3/h4-11,13,15-16,18H,12,14H2,1-3H3,(H,28,30,32). The third-order valence-corrected chi connectivity index (χ3v) is 5.96. The molecule has 3 heterocycles. The van der Waals surface area contributed by atoms with Gasteiger partial charge in [0.2, 0.25) is 0 Å². The lowest BCUT2D eigenvalue weighted by atomic mass is 9.99. The molecule has 3 aromatic heterocycles. The Balaban J connectivity index is 1.36. The molecule has 0 aliphatic rings. The zero-order chi connectivity index (χ0) is 25.1. The Labute approximate surface area is 208 Å². The number of carbonyl (C=O) groups is 1. The van der Waals surface area contributed by atoms with Gasteiger partial charge in [0.25, 0.3) is 0 Å². The maximum Gasteiger partial charge on any atom is 0.158 e. The van der Waals surface area contributed by atoms with Crippen LogP contribution >= 0.6 is 0 Å². The number of hydrogen-bond donors (Lipinski definition) is 1. The number of pyridine rings is 1. The van der Waals surface area contributed by atoms with Crippen LogP contribution in [0.15, 0.2) is 67.4 Å². The number of aromatic nitrogens is 5. The molecule has 2 aromatic carbocycles. The predicted molar refractivity (Wildman–Crippen MR) is 137 cm³/mol. The van der Waals surface area contributed by atoms with Gasteiger partial charge in [0.15, 0.2) is 5.65 Å². The number of ether oxygens (including phenoxy) is 2. The predicted octanol–water partition coefficient (Wildman–Crippen LogP) is 4.91. The lowest BCUT2D eigenvalue weighted by Crippen LogP contribution is -2.18. The highest BCUT2D eigenvalue weighted by atomic mass is 16.5. The number of ketones is 1. The number of methoxy groups -OCH3 is 1. The number of rotatable bonds is 9. The van der Waals surface area contributed by atoms with Crippen LogP contribution in [0.1, 0.15) is 18.1 Å². The van der Waals surface area contributed by atoms with Crippen LogP contribution in [-0.4, -0.2) is 44.1 Å². The quantitative estimate of drug-likeness (QED) is 0.316. The smallest absolute Gasteiger partial charge is 0.158 e. The molecule has 0 spiro atoms. The van der Waals surface area contributed by atoms with Crippen LogP contribution in [0.2, 0.25) is 0 Å². The first-order valence-electron chi connectivity index (χ1n) is 11.6. The van der Waals surface area contributed by atoms with Gasteiger partial charge in [0.05, 0.1) is 12.1 Å². The number of hydrogen-bond acceptors (Lipinski definition) is 8. The van der Waals surface area contributed by atoms with Gasteiger partial charge in [-0.05, 0) is 54.4 Å². The zero-order valence-corrected chi connectivity index (χ0v) is 20.3. The maximum absolute atomic E-state index is 12.5. The van der Waals surface area contributed by atoms with Crippen LogP contribution < -0.4 is 10.1 Å². The molecule has 1 N–H and O–H groups in total. The van der Waals surface area contributed by atoms with Crippen LogP contribution in [0.5, 0.6) is 11.5 Å². The molecule has 182 valence electrons. The van der Waals surface area contributed by atoms with Crippen LogP contribution in [0.3, 0.4) is 0 Å². The number of benzene rings is 2. The molecule has 9 nitrogen and oxygen atoms in total. The van der Waals surface area contributed by atoms with Crippen LogP contribution in [0, 0.1) is 12.8 Å². The van der Waals surface area contributed by atoms with Crippen molar-refractivity contribution >= 4 is 33.8 Å². The number of carbonyl (C=O) groups excluding carboxylic acids is 1. The van der Waals surface area contributed by atoms with Gasteiger partial charge in [-0.2, -0.15) is 5.10 Å². The molecule has 1 unspecified atom stereocenters. The molecular weight excluding hydrogens is 456 g/mol. The first kappa shape index (κ1) is 23.4. The molecule has 0 bridgehead atoms. The Morgan fingerprint density at radius 3 is 2.78 bits per heavy atom. The summed E-state index contributed by atoms with van der Waals surface area (Å²) < 4.78 is 12.9. The van der Waals surface area contributed by atoms with Crippen LogP contribution in [-0.2, 0) is 16.0 Å². The monoisotopic (exact) mass is 482 g/mol. The first-order valence-corrected chi connectivity index (χ1v) is 11.6. The van der Waals surface area contributed by atoms with Crippen molar-refractivity contribution in [1.82, 2.24) is 24.6 Å². The molecule has 0 amide bonds. The van der Waals surface area contributed by atoms with E-state index >= 15 is 0 Å². The number of nitrogens with zero attached hydrogens (tertiary/aromatic N) is 5. The van der Waals surface area contributed by atoms with E-state index in [1.54, 1.807) is 11.6 Å². The number of nitrogens with one attached hydrogen (secondary N) is 1. The number of fused-ring (bicyclic) bond motifs is 2. The summed E-state index contributed by atoms with van der Waals surface area (Å²) in [6, 6.07) is 15.4. The van der Waals surface area contributed by atoms with Gasteiger partial charge in [0.1, 0.15) is 35.8 Å². The van der Waals surface area contributed by atoms with Gasteiger partial charge >= 0.3 is 0 Å². The molecule has 0 saturated carbocycles. The molecule has 0 fully saturated rings. The van der Waals surface area contributed by atoms with E-state index in [9.17, 15) is 4.79 Å². The minimum Gasteiger partial charge on any atom is -0.457 e. The molecule has 1 atom stereocenters. The Morgan fingerprint density at radius 1 is 1.06 bits per heavy atom. The fourth-order valence-electron chi connectivity index (χ4n) is 4.00. The molecular formula is C27H26N6O3. The van der Waals surface area contributed by atoms with Gasteiger partial charge < -0.3 is 14.8 Å². The second kappa shape index (κ2) is 10.1. The summed E-state index contributed by atoms with van der Waals surface area (Å²) in [7, 11) is 1.60. The normalized spacial score (nSPS) is 12.1. The van der Waals surface area contributed by atoms with Gasteiger partial charge in [0, 0.05) is 42.8 Å². The second-order valence-corrected chi connectivity index (χ2v) is 8.71. The van der Waals surface area contributed by atoms with Gasteiger partial charge in [-0.3, -0.25) is 4.79 Å². The largest absolute Gasteiger partial charge is 0.457 e. The summed E-state index contributed by atoms with van der Waals surface area (Å²) in [6.07, 6.45) is 5.18. The van der Waals surface area contributed by atoms with E-state index in [2.05, 4.69) is 25.4 Å². The topological polar surface area (TPSA) is 104 Å². The van der Waals surface area contributed by atoms with Gasteiger partial charge in [-0.25, -0.2) is 19.5 Å². The molecule has 0 aliphatic carbocycles. The van der Waals surface area contributed by atoms with E-state index in [1.165, 1.54) is 12.7 Å². The van der Waals surface area contributed by atoms with Crippen molar-refractivity contribution in [3.63, 3.8) is 0 Å². The van der Waals surface area contributed by atoms with Crippen molar-refractivity contribution < 1.29 is 14.3 Å². The van der Waals surface area contributed by atoms with Crippen molar-refractivity contribution in [3.05, 3.63) is 78.5 Å². The van der Waals surface area contributed by atoms with Crippen molar-refractivity contribution in [2.45, 2.75) is 20.3 Å². The highest BCUT2D eigenvalue weighted by Crippen LogP contribution is 2.30. The molecule has 36 heavy (non-hydrogen) atoms. The van der Waals surface area contributed by atoms with E-state index < -0.39 is 0 Å². The average molecular weight is 483 g/mol. The molecule has 0 aliphatic heterocycles. The van der Waals surface area contributed by atoms with Gasteiger partial charge in [-0.15, -0.1) is 0 Å². The molecule has 9 heteroatoms. The van der Waals surface area contributed by atoms with Crippen molar-refractivity contribution in [1.29, 1.82) is 0 Å². The van der Waals surface area contributed by atoms with E-state index in [1.807, 2.05) is 68.6 Å². The Bertz CT molecular complexity index is 1550. The fraction of sp³-hybridized carbons (Fsp3) is 0.222. The Hall–Kier alpha value is -4.37. The first-order chi connectivity index (χ1) is 17.5. The van der Waals surface area contributed by atoms with Crippen molar-refractivity contribution in [3.8, 4) is 11.5 Å². The summed E-state index contributed by atoms with van der Waals surface area (Å²) in [4.78, 5) is 25.5. The Kier molecular flexibility index (Phi) is 6.55. The molecule has 5 rings (SSSR count). The van der Waals surface area contributed by atoms with Crippen molar-refractivity contribution in [2.75, 3.05) is 19.0 Å². The number of aryl methyl sites for hydroxylation is 1. The molecule has 0 radical (unpaired) electrons.